The molecule has 1 atom stereocenters. The fourth-order valence-electron chi connectivity index (χ4n) is 3.64. The van der Waals surface area contributed by atoms with Crippen LogP contribution in [0.4, 0.5) is 0 Å². The summed E-state index contributed by atoms with van der Waals surface area (Å²) in [6.07, 6.45) is 3.26. The summed E-state index contributed by atoms with van der Waals surface area (Å²) in [5, 5.41) is 19.0. The number of nitrogens with zero attached hydrogens (tertiary/aromatic N) is 2. The first-order valence-corrected chi connectivity index (χ1v) is 11.2. The Hall–Kier alpha value is -2.25. The van der Waals surface area contributed by atoms with Crippen molar-refractivity contribution in [2.45, 2.75) is 32.2 Å². The van der Waals surface area contributed by atoms with E-state index in [1.54, 1.807) is 13.2 Å². The minimum Gasteiger partial charge on any atom is -0.508 e. The third-order valence-corrected chi connectivity index (χ3v) is 6.17. The Kier molecular flexibility index (Phi) is 8.19. The van der Waals surface area contributed by atoms with E-state index < -0.39 is 0 Å². The van der Waals surface area contributed by atoms with Crippen LogP contribution >= 0.6 is 11.3 Å². The Balaban J connectivity index is 1.59. The highest BCUT2D eigenvalue weighted by Gasteiger charge is 2.24. The summed E-state index contributed by atoms with van der Waals surface area (Å²) in [6.45, 7) is 6.62. The molecule has 3 rings (SSSR count). The summed E-state index contributed by atoms with van der Waals surface area (Å²) in [5.74, 6) is 1.75. The first-order valence-electron chi connectivity index (χ1n) is 10.4. The molecule has 1 fully saturated rings. The highest BCUT2D eigenvalue weighted by Crippen LogP contribution is 2.28. The second-order valence-electron chi connectivity index (χ2n) is 7.17. The van der Waals surface area contributed by atoms with Gasteiger partial charge >= 0.3 is 0 Å². The molecular weight excluding hydrogens is 384 g/mol. The van der Waals surface area contributed by atoms with Crippen LogP contribution in [0.1, 0.15) is 36.2 Å². The van der Waals surface area contributed by atoms with Crippen molar-refractivity contribution in [1.82, 2.24) is 15.5 Å². The molecule has 0 amide bonds. The molecule has 7 heteroatoms. The number of phenols is 1. The molecule has 0 saturated carbocycles. The van der Waals surface area contributed by atoms with Gasteiger partial charge in [-0.15, -0.1) is 11.3 Å². The van der Waals surface area contributed by atoms with E-state index in [-0.39, 0.29) is 5.75 Å². The minimum atomic E-state index is 0.264. The maximum atomic E-state index is 10.1. The molecule has 1 aliphatic rings. The van der Waals surface area contributed by atoms with Gasteiger partial charge in [-0.2, -0.15) is 0 Å². The van der Waals surface area contributed by atoms with Crippen molar-refractivity contribution < 1.29 is 9.84 Å². The molecule has 0 spiro atoms. The van der Waals surface area contributed by atoms with Crippen molar-refractivity contribution in [2.24, 2.45) is 4.99 Å². The lowest BCUT2D eigenvalue weighted by molar-refractivity contribution is 0.255. The Morgan fingerprint density at radius 2 is 2.10 bits per heavy atom. The molecule has 1 saturated heterocycles. The minimum absolute atomic E-state index is 0.264. The van der Waals surface area contributed by atoms with E-state index in [4.69, 9.17) is 9.73 Å². The van der Waals surface area contributed by atoms with Crippen molar-refractivity contribution in [2.75, 3.05) is 39.8 Å². The summed E-state index contributed by atoms with van der Waals surface area (Å²) in [7, 11) is 1.60. The summed E-state index contributed by atoms with van der Waals surface area (Å²) >= 11 is 1.81. The number of thiophene rings is 1. The van der Waals surface area contributed by atoms with Gasteiger partial charge in [-0.1, -0.05) is 12.1 Å². The number of guanidine groups is 1. The van der Waals surface area contributed by atoms with Gasteiger partial charge in [-0.05, 0) is 62.4 Å². The molecule has 1 aromatic heterocycles. The number of aromatic hydroxyl groups is 1. The molecule has 0 bridgehead atoms. The maximum absolute atomic E-state index is 10.1. The number of phenolic OH excluding ortho intramolecular Hbond substituents is 1. The third-order valence-electron chi connectivity index (χ3n) is 5.20. The molecule has 1 aromatic carbocycles. The third kappa shape index (κ3) is 6.11. The first kappa shape index (κ1) is 21.5. The summed E-state index contributed by atoms with van der Waals surface area (Å²) in [5.41, 5.74) is 0.891. The van der Waals surface area contributed by atoms with Crippen molar-refractivity contribution in [3.05, 3.63) is 46.2 Å². The van der Waals surface area contributed by atoms with Gasteiger partial charge in [0.25, 0.3) is 0 Å². The molecule has 1 aliphatic heterocycles. The van der Waals surface area contributed by atoms with Crippen LogP contribution in [-0.4, -0.2) is 55.8 Å². The SMILES string of the molecule is CCNC(=NCC(c1cccs1)N1CCCC1)NCCc1ccc(OC)cc1O. The fraction of sp³-hybridized carbons (Fsp3) is 0.500. The maximum Gasteiger partial charge on any atom is 0.191 e. The zero-order valence-electron chi connectivity index (χ0n) is 17.4. The van der Waals surface area contributed by atoms with E-state index in [1.807, 2.05) is 23.5 Å². The normalized spacial score (nSPS) is 16.0. The van der Waals surface area contributed by atoms with Crippen molar-refractivity contribution >= 4 is 17.3 Å². The van der Waals surface area contributed by atoms with Gasteiger partial charge in [0.05, 0.1) is 19.7 Å². The van der Waals surface area contributed by atoms with E-state index in [9.17, 15) is 5.11 Å². The molecule has 2 aromatic rings. The van der Waals surface area contributed by atoms with Crippen LogP contribution in [0.15, 0.2) is 40.7 Å². The molecule has 6 nitrogen and oxygen atoms in total. The summed E-state index contributed by atoms with van der Waals surface area (Å²) in [4.78, 5) is 8.81. The average Bonchev–Trinajstić information content (AvgIpc) is 3.44. The smallest absolute Gasteiger partial charge is 0.191 e. The molecule has 29 heavy (non-hydrogen) atoms. The summed E-state index contributed by atoms with van der Waals surface area (Å²) < 4.78 is 5.14. The zero-order chi connectivity index (χ0) is 20.5. The zero-order valence-corrected chi connectivity index (χ0v) is 18.2. The molecule has 0 radical (unpaired) electrons. The number of methoxy groups -OCH3 is 1. The molecule has 1 unspecified atom stereocenters. The lowest BCUT2D eigenvalue weighted by Gasteiger charge is -2.25. The standard InChI is InChI=1S/C22H32N4O2S/c1-3-23-22(24-11-10-17-8-9-18(28-2)15-20(17)27)25-16-19(21-7-6-14-29-21)26-12-4-5-13-26/h6-9,14-15,19,27H,3-5,10-13,16H2,1-2H3,(H2,23,24,25). The van der Waals surface area contributed by atoms with Crippen molar-refractivity contribution in [3.8, 4) is 11.5 Å². The van der Waals surface area contributed by atoms with E-state index in [1.165, 1.54) is 17.7 Å². The van der Waals surface area contributed by atoms with Crippen LogP contribution in [0.25, 0.3) is 0 Å². The van der Waals surface area contributed by atoms with Crippen LogP contribution in [0, 0.1) is 0 Å². The lowest BCUT2D eigenvalue weighted by Crippen LogP contribution is -2.39. The molecular formula is C22H32N4O2S. The summed E-state index contributed by atoms with van der Waals surface area (Å²) in [6, 6.07) is 10.1. The number of ether oxygens (including phenoxy) is 1. The number of aliphatic imine (C=N–C) groups is 1. The number of benzene rings is 1. The number of nitrogens with one attached hydrogen (secondary N) is 2. The van der Waals surface area contributed by atoms with Gasteiger partial charge in [0.15, 0.2) is 5.96 Å². The highest BCUT2D eigenvalue weighted by atomic mass is 32.1. The van der Waals surface area contributed by atoms with Gasteiger partial charge in [-0.3, -0.25) is 9.89 Å². The molecule has 158 valence electrons. The van der Waals surface area contributed by atoms with Gasteiger partial charge < -0.3 is 20.5 Å². The van der Waals surface area contributed by atoms with E-state index in [0.717, 1.165) is 37.7 Å². The fourth-order valence-corrected chi connectivity index (χ4v) is 4.49. The van der Waals surface area contributed by atoms with Gasteiger partial charge in [0.1, 0.15) is 11.5 Å². The Bertz CT molecular complexity index is 773. The largest absolute Gasteiger partial charge is 0.508 e. The average molecular weight is 417 g/mol. The van der Waals surface area contributed by atoms with Crippen LogP contribution in [0.2, 0.25) is 0 Å². The predicted octanol–water partition coefficient (Wildman–Crippen LogP) is 3.40. The highest BCUT2D eigenvalue weighted by molar-refractivity contribution is 7.10. The molecule has 0 aliphatic carbocycles. The van der Waals surface area contributed by atoms with E-state index in [0.29, 0.717) is 24.8 Å². The Labute approximate surface area is 177 Å². The van der Waals surface area contributed by atoms with Gasteiger partial charge in [0.2, 0.25) is 0 Å². The quantitative estimate of drug-likeness (QED) is 0.432. The number of likely N-dealkylation sites (tertiary alicyclic amines) is 1. The predicted molar refractivity (Wildman–Crippen MR) is 120 cm³/mol. The van der Waals surface area contributed by atoms with E-state index in [2.05, 4.69) is 40.0 Å². The number of hydrogen-bond donors (Lipinski definition) is 3. The second kappa shape index (κ2) is 11.1. The first-order chi connectivity index (χ1) is 14.2. The Morgan fingerprint density at radius 1 is 1.28 bits per heavy atom. The molecule has 2 heterocycles. The number of rotatable bonds is 9. The monoisotopic (exact) mass is 416 g/mol. The lowest BCUT2D eigenvalue weighted by atomic mass is 10.1. The van der Waals surface area contributed by atoms with Crippen LogP contribution in [0.3, 0.4) is 0 Å². The van der Waals surface area contributed by atoms with Crippen molar-refractivity contribution in [3.63, 3.8) is 0 Å². The Morgan fingerprint density at radius 3 is 2.76 bits per heavy atom. The number of hydrogen-bond acceptors (Lipinski definition) is 5. The topological polar surface area (TPSA) is 69.1 Å². The van der Waals surface area contributed by atoms with Gasteiger partial charge in [-0.25, -0.2) is 0 Å². The molecule has 3 N–H and O–H groups in total. The van der Waals surface area contributed by atoms with Gasteiger partial charge in [0, 0.05) is 24.0 Å². The second-order valence-corrected chi connectivity index (χ2v) is 8.14. The van der Waals surface area contributed by atoms with E-state index >= 15 is 0 Å². The van der Waals surface area contributed by atoms with Crippen LogP contribution in [0.5, 0.6) is 11.5 Å². The van der Waals surface area contributed by atoms with Crippen molar-refractivity contribution in [1.29, 1.82) is 0 Å². The van der Waals surface area contributed by atoms with Crippen LogP contribution in [-0.2, 0) is 6.42 Å². The van der Waals surface area contributed by atoms with Crippen LogP contribution < -0.4 is 15.4 Å².